The van der Waals surface area contributed by atoms with Gasteiger partial charge in [0.1, 0.15) is 0 Å². The Labute approximate surface area is 129 Å². The van der Waals surface area contributed by atoms with Gasteiger partial charge in [0, 0.05) is 0 Å². The van der Waals surface area contributed by atoms with Gasteiger partial charge in [0.2, 0.25) is 0 Å². The first-order valence-corrected chi connectivity index (χ1v) is 7.81. The van der Waals surface area contributed by atoms with E-state index >= 15 is 0 Å². The average Bonchev–Trinajstić information content (AvgIpc) is 2.35. The predicted molar refractivity (Wildman–Crippen MR) is 88.7 cm³/mol. The summed E-state index contributed by atoms with van der Waals surface area (Å²) in [6.07, 6.45) is 2.16. The van der Waals surface area contributed by atoms with Crippen molar-refractivity contribution in [2.24, 2.45) is 10.8 Å². The van der Waals surface area contributed by atoms with Gasteiger partial charge in [-0.05, 0) is 42.2 Å². The number of esters is 1. The molecule has 0 amide bonds. The Morgan fingerprint density at radius 3 is 2.05 bits per heavy atom. The van der Waals surface area contributed by atoms with Crippen molar-refractivity contribution in [1.29, 1.82) is 0 Å². The lowest BCUT2D eigenvalue weighted by molar-refractivity contribution is 0.0248. The second-order valence-corrected chi connectivity index (χ2v) is 7.70. The van der Waals surface area contributed by atoms with Crippen molar-refractivity contribution >= 4 is 5.97 Å². The summed E-state index contributed by atoms with van der Waals surface area (Å²) in [5.41, 5.74) is 2.93. The van der Waals surface area contributed by atoms with Gasteiger partial charge in [-0.25, -0.2) is 4.79 Å². The van der Waals surface area contributed by atoms with Crippen LogP contribution in [0.3, 0.4) is 0 Å². The van der Waals surface area contributed by atoms with E-state index in [1.165, 1.54) is 0 Å². The number of rotatable bonds is 6. The van der Waals surface area contributed by atoms with Crippen LogP contribution < -0.4 is 0 Å². The van der Waals surface area contributed by atoms with Crippen LogP contribution in [0.15, 0.2) is 18.2 Å². The fourth-order valence-electron chi connectivity index (χ4n) is 2.94. The topological polar surface area (TPSA) is 26.3 Å². The Morgan fingerprint density at radius 1 is 1.05 bits per heavy atom. The number of hydrogen-bond donors (Lipinski definition) is 0. The van der Waals surface area contributed by atoms with E-state index in [1.807, 2.05) is 32.0 Å². The van der Waals surface area contributed by atoms with Gasteiger partial charge in [-0.3, -0.25) is 0 Å². The maximum atomic E-state index is 12.3. The lowest BCUT2D eigenvalue weighted by atomic mass is 9.74. The van der Waals surface area contributed by atoms with Crippen molar-refractivity contribution < 1.29 is 9.53 Å². The molecule has 0 radical (unpaired) electrons. The molecule has 0 bridgehead atoms. The molecule has 21 heavy (non-hydrogen) atoms. The summed E-state index contributed by atoms with van der Waals surface area (Å²) in [6.45, 7) is 15.4. The molecule has 1 rings (SSSR count). The van der Waals surface area contributed by atoms with Crippen LogP contribution in [0.4, 0.5) is 0 Å². The van der Waals surface area contributed by atoms with Crippen LogP contribution in [0.25, 0.3) is 0 Å². The maximum absolute atomic E-state index is 12.3. The van der Waals surface area contributed by atoms with Gasteiger partial charge in [-0.2, -0.15) is 0 Å². The van der Waals surface area contributed by atoms with Crippen LogP contribution in [0.5, 0.6) is 0 Å². The van der Waals surface area contributed by atoms with E-state index in [9.17, 15) is 4.79 Å². The zero-order valence-corrected chi connectivity index (χ0v) is 14.7. The molecule has 0 aromatic heterocycles. The Balaban J connectivity index is 2.72. The molecular weight excluding hydrogens is 260 g/mol. The zero-order chi connectivity index (χ0) is 16.3. The number of carbonyl (C=O) groups excluding carboxylic acids is 1. The second-order valence-electron chi connectivity index (χ2n) is 7.70. The first-order chi connectivity index (χ1) is 9.58. The molecule has 1 aromatic carbocycles. The Kier molecular flexibility index (Phi) is 5.61. The molecule has 118 valence electrons. The van der Waals surface area contributed by atoms with Crippen molar-refractivity contribution in [3.8, 4) is 0 Å². The summed E-state index contributed by atoms with van der Waals surface area (Å²) in [4.78, 5) is 12.3. The van der Waals surface area contributed by atoms with Crippen molar-refractivity contribution in [1.82, 2.24) is 0 Å². The van der Waals surface area contributed by atoms with Gasteiger partial charge in [-0.15, -0.1) is 0 Å². The van der Waals surface area contributed by atoms with Crippen LogP contribution >= 0.6 is 0 Å². The van der Waals surface area contributed by atoms with Crippen molar-refractivity contribution in [3.05, 3.63) is 34.9 Å². The normalized spacial score (nSPS) is 12.3. The molecule has 2 heteroatoms. The van der Waals surface area contributed by atoms with Gasteiger partial charge in [-0.1, -0.05) is 59.2 Å². The smallest absolute Gasteiger partial charge is 0.338 e. The molecule has 0 aliphatic carbocycles. The molecule has 2 nitrogen and oxygen atoms in total. The van der Waals surface area contributed by atoms with E-state index in [1.54, 1.807) is 0 Å². The largest absolute Gasteiger partial charge is 0.462 e. The van der Waals surface area contributed by atoms with Crippen molar-refractivity contribution in [2.45, 2.75) is 61.3 Å². The number of carbonyl (C=O) groups is 1. The highest BCUT2D eigenvalue weighted by Gasteiger charge is 2.29. The second kappa shape index (κ2) is 6.64. The molecular formula is C19H30O2. The molecule has 0 aliphatic rings. The third-order valence-electron chi connectivity index (χ3n) is 4.19. The van der Waals surface area contributed by atoms with Gasteiger partial charge < -0.3 is 4.74 Å². The Bertz CT molecular complexity index is 478. The molecule has 0 fully saturated rings. The minimum absolute atomic E-state index is 0.00817. The van der Waals surface area contributed by atoms with Crippen molar-refractivity contribution in [2.75, 3.05) is 6.61 Å². The summed E-state index contributed by atoms with van der Waals surface area (Å²) >= 11 is 0. The lowest BCUT2D eigenvalue weighted by Crippen LogP contribution is -2.28. The first kappa shape index (κ1) is 17.7. The molecule has 0 unspecified atom stereocenters. The van der Waals surface area contributed by atoms with Crippen LogP contribution in [0, 0.1) is 24.7 Å². The molecule has 0 aliphatic heterocycles. The van der Waals surface area contributed by atoms with Crippen LogP contribution in [-0.2, 0) is 4.74 Å². The van der Waals surface area contributed by atoms with E-state index in [0.717, 1.165) is 24.0 Å². The monoisotopic (exact) mass is 290 g/mol. The average molecular weight is 290 g/mol. The van der Waals surface area contributed by atoms with Crippen LogP contribution in [-0.4, -0.2) is 12.6 Å². The number of benzene rings is 1. The SMILES string of the molecule is CCC(C)(C)CC(C)(C)COC(=O)c1c(C)cccc1C. The third kappa shape index (κ3) is 5.18. The summed E-state index contributed by atoms with van der Waals surface area (Å²) in [5.74, 6) is -0.201. The first-order valence-electron chi connectivity index (χ1n) is 7.81. The Morgan fingerprint density at radius 2 is 1.57 bits per heavy atom. The minimum atomic E-state index is -0.201. The molecule has 0 N–H and O–H groups in total. The van der Waals surface area contributed by atoms with E-state index in [4.69, 9.17) is 4.74 Å². The van der Waals surface area contributed by atoms with Crippen LogP contribution in [0.1, 0.15) is 68.9 Å². The molecule has 0 heterocycles. The maximum Gasteiger partial charge on any atom is 0.338 e. The van der Waals surface area contributed by atoms with E-state index < -0.39 is 0 Å². The third-order valence-corrected chi connectivity index (χ3v) is 4.19. The van der Waals surface area contributed by atoms with Crippen LogP contribution in [0.2, 0.25) is 0 Å². The standard InChI is InChI=1S/C19H30O2/c1-8-18(4,5)12-19(6,7)13-21-17(20)16-14(2)10-9-11-15(16)3/h9-11H,8,12-13H2,1-7H3. The van der Waals surface area contributed by atoms with Gasteiger partial charge in [0.05, 0.1) is 12.2 Å². The quantitative estimate of drug-likeness (QED) is 0.663. The van der Waals surface area contributed by atoms with Gasteiger partial charge >= 0.3 is 5.97 Å². The van der Waals surface area contributed by atoms with E-state index in [-0.39, 0.29) is 16.8 Å². The molecule has 0 spiro atoms. The summed E-state index contributed by atoms with van der Waals surface area (Å²) in [7, 11) is 0. The fourth-order valence-corrected chi connectivity index (χ4v) is 2.94. The fraction of sp³-hybridized carbons (Fsp3) is 0.632. The molecule has 0 saturated carbocycles. The predicted octanol–water partition coefficient (Wildman–Crippen LogP) is 5.31. The lowest BCUT2D eigenvalue weighted by Gasteiger charge is -2.34. The molecule has 0 saturated heterocycles. The molecule has 0 atom stereocenters. The summed E-state index contributed by atoms with van der Waals surface area (Å²) in [5, 5.41) is 0. The van der Waals surface area contributed by atoms with E-state index in [2.05, 4.69) is 34.6 Å². The minimum Gasteiger partial charge on any atom is -0.462 e. The van der Waals surface area contributed by atoms with Gasteiger partial charge in [0.25, 0.3) is 0 Å². The molecule has 1 aromatic rings. The highest BCUT2D eigenvalue weighted by Crippen LogP contribution is 2.36. The number of aryl methyl sites for hydroxylation is 2. The van der Waals surface area contributed by atoms with Crippen molar-refractivity contribution in [3.63, 3.8) is 0 Å². The summed E-state index contributed by atoms with van der Waals surface area (Å²) in [6, 6.07) is 5.87. The van der Waals surface area contributed by atoms with E-state index in [0.29, 0.717) is 12.2 Å². The summed E-state index contributed by atoms with van der Waals surface area (Å²) < 4.78 is 5.61. The number of ether oxygens (including phenoxy) is 1. The zero-order valence-electron chi connectivity index (χ0n) is 14.7. The highest BCUT2D eigenvalue weighted by molar-refractivity contribution is 5.92. The Hall–Kier alpha value is -1.31. The van der Waals surface area contributed by atoms with Gasteiger partial charge in [0.15, 0.2) is 0 Å². The highest BCUT2D eigenvalue weighted by atomic mass is 16.5. The number of hydrogen-bond acceptors (Lipinski definition) is 2.